The summed E-state index contributed by atoms with van der Waals surface area (Å²) in [6.45, 7) is 3.84. The molecule has 21 heavy (non-hydrogen) atoms. The summed E-state index contributed by atoms with van der Waals surface area (Å²) in [7, 11) is 0. The van der Waals surface area contributed by atoms with Crippen LogP contribution in [0.15, 0.2) is 36.4 Å². The monoisotopic (exact) mass is 300 g/mol. The summed E-state index contributed by atoms with van der Waals surface area (Å²) < 4.78 is 1.93. The Bertz CT molecular complexity index is 868. The van der Waals surface area contributed by atoms with Gasteiger partial charge in [-0.05, 0) is 43.7 Å². The topological polar surface area (TPSA) is 55.1 Å². The number of aromatic nitrogens is 2. The van der Waals surface area contributed by atoms with Crippen LogP contribution in [0, 0.1) is 13.8 Å². The zero-order valence-corrected chi connectivity index (χ0v) is 12.3. The largest absolute Gasteiger partial charge is 0.478 e. The molecule has 1 aromatic heterocycles. The van der Waals surface area contributed by atoms with E-state index in [2.05, 4.69) is 4.98 Å². The highest BCUT2D eigenvalue weighted by molar-refractivity contribution is 6.30. The van der Waals surface area contributed by atoms with Crippen LogP contribution in [0.4, 0.5) is 0 Å². The molecule has 0 atom stereocenters. The van der Waals surface area contributed by atoms with E-state index in [9.17, 15) is 9.90 Å². The molecule has 0 aliphatic carbocycles. The van der Waals surface area contributed by atoms with Gasteiger partial charge in [-0.25, -0.2) is 9.78 Å². The molecule has 0 aliphatic heterocycles. The molecular weight excluding hydrogens is 288 g/mol. The van der Waals surface area contributed by atoms with E-state index in [0.717, 1.165) is 22.6 Å². The van der Waals surface area contributed by atoms with E-state index in [0.29, 0.717) is 10.5 Å². The van der Waals surface area contributed by atoms with Gasteiger partial charge in [-0.15, -0.1) is 0 Å². The molecule has 0 saturated heterocycles. The number of carboxylic acid groups (broad SMARTS) is 1. The molecule has 0 bridgehead atoms. The van der Waals surface area contributed by atoms with Gasteiger partial charge in [-0.3, -0.25) is 4.57 Å². The lowest BCUT2D eigenvalue weighted by molar-refractivity contribution is 0.0699. The first-order valence-corrected chi connectivity index (χ1v) is 6.84. The predicted molar refractivity (Wildman–Crippen MR) is 82.5 cm³/mol. The zero-order valence-electron chi connectivity index (χ0n) is 11.6. The van der Waals surface area contributed by atoms with E-state index in [1.165, 1.54) is 0 Å². The molecule has 2 aromatic carbocycles. The maximum Gasteiger partial charge on any atom is 0.337 e. The summed E-state index contributed by atoms with van der Waals surface area (Å²) in [5.41, 5.74) is 3.40. The van der Waals surface area contributed by atoms with Crippen LogP contribution in [-0.2, 0) is 0 Å². The van der Waals surface area contributed by atoms with Crippen molar-refractivity contribution in [3.63, 3.8) is 0 Å². The van der Waals surface area contributed by atoms with Gasteiger partial charge in [0.15, 0.2) is 0 Å². The Morgan fingerprint density at radius 3 is 2.71 bits per heavy atom. The van der Waals surface area contributed by atoms with Crippen LogP contribution in [0.3, 0.4) is 0 Å². The maximum absolute atomic E-state index is 11.3. The summed E-state index contributed by atoms with van der Waals surface area (Å²) in [5.74, 6) is -0.253. The molecule has 1 N–H and O–H groups in total. The van der Waals surface area contributed by atoms with Gasteiger partial charge in [0.1, 0.15) is 11.3 Å². The molecule has 0 saturated carbocycles. The molecule has 5 heteroatoms. The molecule has 0 spiro atoms. The highest BCUT2D eigenvalue weighted by Gasteiger charge is 2.16. The number of para-hydroxylation sites is 1. The van der Waals surface area contributed by atoms with E-state index < -0.39 is 5.97 Å². The second-order valence-corrected chi connectivity index (χ2v) is 5.34. The number of aryl methyl sites for hydroxylation is 2. The predicted octanol–water partition coefficient (Wildman–Crippen LogP) is 3.99. The van der Waals surface area contributed by atoms with Crippen molar-refractivity contribution in [3.8, 4) is 5.69 Å². The van der Waals surface area contributed by atoms with Crippen molar-refractivity contribution in [1.29, 1.82) is 0 Å². The summed E-state index contributed by atoms with van der Waals surface area (Å²) in [6.07, 6.45) is 0. The standard InChI is InChI=1S/C16H13ClN2O2/c1-9-6-7-11(17)8-14(9)19-10(2)18-15-12(16(20)21)4-3-5-13(15)19/h3-8H,1-2H3,(H,20,21). The van der Waals surface area contributed by atoms with Crippen molar-refractivity contribution >= 4 is 28.6 Å². The van der Waals surface area contributed by atoms with Gasteiger partial charge in [0.05, 0.1) is 16.8 Å². The molecule has 4 nitrogen and oxygen atoms in total. The fourth-order valence-electron chi connectivity index (χ4n) is 2.52. The number of benzene rings is 2. The number of aromatic carboxylic acids is 1. The second kappa shape index (κ2) is 4.90. The van der Waals surface area contributed by atoms with Crippen molar-refractivity contribution in [3.05, 3.63) is 58.4 Å². The number of nitrogens with zero attached hydrogens (tertiary/aromatic N) is 2. The van der Waals surface area contributed by atoms with E-state index in [4.69, 9.17) is 11.6 Å². The van der Waals surface area contributed by atoms with Crippen LogP contribution in [0.2, 0.25) is 5.02 Å². The SMILES string of the molecule is Cc1ccc(Cl)cc1-n1c(C)nc2c(C(=O)O)cccc21. The third-order valence-electron chi connectivity index (χ3n) is 3.50. The van der Waals surface area contributed by atoms with Gasteiger partial charge < -0.3 is 5.11 Å². The fourth-order valence-corrected chi connectivity index (χ4v) is 2.68. The first-order chi connectivity index (χ1) is 9.99. The van der Waals surface area contributed by atoms with Crippen LogP contribution in [-0.4, -0.2) is 20.6 Å². The summed E-state index contributed by atoms with van der Waals surface area (Å²) in [6, 6.07) is 10.8. The van der Waals surface area contributed by atoms with Gasteiger partial charge in [-0.2, -0.15) is 0 Å². The van der Waals surface area contributed by atoms with Crippen molar-refractivity contribution in [1.82, 2.24) is 9.55 Å². The fraction of sp³-hybridized carbons (Fsp3) is 0.125. The number of imidazole rings is 1. The maximum atomic E-state index is 11.3. The number of halogens is 1. The average molecular weight is 301 g/mol. The molecule has 0 fully saturated rings. The number of hydrogen-bond donors (Lipinski definition) is 1. The smallest absolute Gasteiger partial charge is 0.337 e. The lowest BCUT2D eigenvalue weighted by Gasteiger charge is -2.11. The molecule has 106 valence electrons. The van der Waals surface area contributed by atoms with Crippen LogP contribution >= 0.6 is 11.6 Å². The Balaban J connectivity index is 2.38. The second-order valence-electron chi connectivity index (χ2n) is 4.90. The molecule has 0 amide bonds. The minimum atomic E-state index is -0.979. The van der Waals surface area contributed by atoms with Gasteiger partial charge in [0.2, 0.25) is 0 Å². The Morgan fingerprint density at radius 1 is 1.24 bits per heavy atom. The van der Waals surface area contributed by atoms with E-state index in [1.54, 1.807) is 12.1 Å². The van der Waals surface area contributed by atoms with Gasteiger partial charge >= 0.3 is 5.97 Å². The first-order valence-electron chi connectivity index (χ1n) is 6.47. The van der Waals surface area contributed by atoms with E-state index in [1.807, 2.05) is 42.7 Å². The normalized spacial score (nSPS) is 11.0. The number of hydrogen-bond acceptors (Lipinski definition) is 2. The van der Waals surface area contributed by atoms with Crippen molar-refractivity contribution < 1.29 is 9.90 Å². The minimum absolute atomic E-state index is 0.203. The van der Waals surface area contributed by atoms with E-state index in [-0.39, 0.29) is 5.56 Å². The van der Waals surface area contributed by atoms with Crippen molar-refractivity contribution in [2.24, 2.45) is 0 Å². The van der Waals surface area contributed by atoms with Crippen LogP contribution in [0.1, 0.15) is 21.7 Å². The summed E-state index contributed by atoms with van der Waals surface area (Å²) in [4.78, 5) is 15.7. The molecule has 0 aliphatic rings. The third kappa shape index (κ3) is 2.17. The quantitative estimate of drug-likeness (QED) is 0.778. The highest BCUT2D eigenvalue weighted by Crippen LogP contribution is 2.27. The van der Waals surface area contributed by atoms with Crippen LogP contribution in [0.25, 0.3) is 16.7 Å². The number of carbonyl (C=O) groups is 1. The molecule has 1 heterocycles. The molecule has 3 rings (SSSR count). The van der Waals surface area contributed by atoms with Gasteiger partial charge in [0.25, 0.3) is 0 Å². The third-order valence-corrected chi connectivity index (χ3v) is 3.73. The lowest BCUT2D eigenvalue weighted by atomic mass is 10.1. The number of fused-ring (bicyclic) bond motifs is 1. The first kappa shape index (κ1) is 13.6. The molecule has 3 aromatic rings. The molecule has 0 unspecified atom stereocenters. The average Bonchev–Trinajstić information content (AvgIpc) is 2.77. The lowest BCUT2D eigenvalue weighted by Crippen LogP contribution is -2.00. The number of carboxylic acids is 1. The highest BCUT2D eigenvalue weighted by atomic mass is 35.5. The minimum Gasteiger partial charge on any atom is -0.478 e. The van der Waals surface area contributed by atoms with Crippen molar-refractivity contribution in [2.75, 3.05) is 0 Å². The Kier molecular flexibility index (Phi) is 3.18. The Labute approximate surface area is 126 Å². The summed E-state index contributed by atoms with van der Waals surface area (Å²) in [5, 5.41) is 9.91. The van der Waals surface area contributed by atoms with Crippen LogP contribution in [0.5, 0.6) is 0 Å². The molecular formula is C16H13ClN2O2. The Morgan fingerprint density at radius 2 is 2.00 bits per heavy atom. The zero-order chi connectivity index (χ0) is 15.1. The van der Waals surface area contributed by atoms with E-state index >= 15 is 0 Å². The Hall–Kier alpha value is -2.33. The summed E-state index contributed by atoms with van der Waals surface area (Å²) >= 11 is 6.09. The van der Waals surface area contributed by atoms with Gasteiger partial charge in [-0.1, -0.05) is 23.7 Å². The van der Waals surface area contributed by atoms with Gasteiger partial charge in [0, 0.05) is 5.02 Å². The number of rotatable bonds is 2. The van der Waals surface area contributed by atoms with Crippen molar-refractivity contribution in [2.45, 2.75) is 13.8 Å². The van der Waals surface area contributed by atoms with Crippen LogP contribution < -0.4 is 0 Å². The molecule has 0 radical (unpaired) electrons.